The van der Waals surface area contributed by atoms with Crippen LogP contribution in [0.15, 0.2) is 60.7 Å². The van der Waals surface area contributed by atoms with Crippen LogP contribution in [0.5, 0.6) is 0 Å². The van der Waals surface area contributed by atoms with Gasteiger partial charge in [-0.15, -0.1) is 11.3 Å². The first-order valence-electron chi connectivity index (χ1n) is 9.75. The first-order chi connectivity index (χ1) is 14.1. The quantitative estimate of drug-likeness (QED) is 0.490. The molecule has 4 nitrogen and oxygen atoms in total. The standard InChI is InChI=1S/C24H21N3OS/c1-15-7-6-8-18(13-15)25-24(28)21-14-17-11-12-20-22(23(17)29-21)16(2)26-27(20)19-9-4-3-5-10-19/h3-10,13-14H,11-12H2,1-2H3,(H,25,28). The molecule has 1 N–H and O–H groups in total. The molecule has 0 radical (unpaired) electrons. The molecule has 2 heterocycles. The predicted octanol–water partition coefficient (Wildman–Crippen LogP) is 5.57. The monoisotopic (exact) mass is 399 g/mol. The van der Waals surface area contributed by atoms with Gasteiger partial charge in [-0.1, -0.05) is 30.3 Å². The summed E-state index contributed by atoms with van der Waals surface area (Å²) in [6.07, 6.45) is 1.85. The Morgan fingerprint density at radius 2 is 1.86 bits per heavy atom. The van der Waals surface area contributed by atoms with E-state index in [2.05, 4.69) is 29.1 Å². The van der Waals surface area contributed by atoms with E-state index in [0.29, 0.717) is 0 Å². The van der Waals surface area contributed by atoms with E-state index in [0.717, 1.165) is 40.4 Å². The van der Waals surface area contributed by atoms with Gasteiger partial charge in [0.15, 0.2) is 0 Å². The van der Waals surface area contributed by atoms with E-state index in [9.17, 15) is 4.79 Å². The Hall–Kier alpha value is -3.18. The molecule has 0 bridgehead atoms. The molecule has 0 spiro atoms. The number of amides is 1. The second kappa shape index (κ2) is 7.01. The number of thiophene rings is 1. The van der Waals surface area contributed by atoms with Gasteiger partial charge in [0.2, 0.25) is 0 Å². The number of aryl methyl sites for hydroxylation is 3. The van der Waals surface area contributed by atoms with Crippen molar-refractivity contribution in [3.05, 3.63) is 88.1 Å². The fourth-order valence-electron chi connectivity index (χ4n) is 3.99. The van der Waals surface area contributed by atoms with E-state index in [4.69, 9.17) is 5.10 Å². The summed E-state index contributed by atoms with van der Waals surface area (Å²) < 4.78 is 2.06. The summed E-state index contributed by atoms with van der Waals surface area (Å²) in [6, 6.07) is 20.2. The van der Waals surface area contributed by atoms with E-state index in [-0.39, 0.29) is 5.91 Å². The maximum atomic E-state index is 12.8. The number of fused-ring (bicyclic) bond motifs is 3. The van der Waals surface area contributed by atoms with Gasteiger partial charge in [0, 0.05) is 16.1 Å². The van der Waals surface area contributed by atoms with E-state index in [1.54, 1.807) is 11.3 Å². The Labute approximate surface area is 173 Å². The van der Waals surface area contributed by atoms with Crippen molar-refractivity contribution in [3.8, 4) is 16.1 Å². The molecule has 0 unspecified atom stereocenters. The van der Waals surface area contributed by atoms with Gasteiger partial charge in [0.05, 0.1) is 22.0 Å². The van der Waals surface area contributed by atoms with Crippen LogP contribution in [0.1, 0.15) is 32.2 Å². The van der Waals surface area contributed by atoms with Gasteiger partial charge in [0.25, 0.3) is 5.91 Å². The highest BCUT2D eigenvalue weighted by Crippen LogP contribution is 2.42. The van der Waals surface area contributed by atoms with E-state index >= 15 is 0 Å². The molecule has 2 aromatic heterocycles. The zero-order valence-corrected chi connectivity index (χ0v) is 17.2. The van der Waals surface area contributed by atoms with Crippen LogP contribution in [0.2, 0.25) is 0 Å². The molecule has 0 saturated heterocycles. The highest BCUT2D eigenvalue weighted by molar-refractivity contribution is 7.17. The summed E-state index contributed by atoms with van der Waals surface area (Å²) in [5, 5.41) is 7.84. The van der Waals surface area contributed by atoms with E-state index in [1.807, 2.05) is 55.5 Å². The van der Waals surface area contributed by atoms with Crippen LogP contribution in [0.3, 0.4) is 0 Å². The van der Waals surface area contributed by atoms with Crippen LogP contribution < -0.4 is 5.32 Å². The number of benzene rings is 2. The number of carbonyl (C=O) groups is 1. The number of aromatic nitrogens is 2. The lowest BCUT2D eigenvalue weighted by Gasteiger charge is -2.14. The smallest absolute Gasteiger partial charge is 0.265 e. The largest absolute Gasteiger partial charge is 0.321 e. The summed E-state index contributed by atoms with van der Waals surface area (Å²) in [4.78, 5) is 14.8. The van der Waals surface area contributed by atoms with Crippen molar-refractivity contribution in [1.29, 1.82) is 0 Å². The second-order valence-corrected chi connectivity index (χ2v) is 8.50. The van der Waals surface area contributed by atoms with Gasteiger partial charge in [0.1, 0.15) is 0 Å². The van der Waals surface area contributed by atoms with Crippen LogP contribution in [0.25, 0.3) is 16.1 Å². The minimum absolute atomic E-state index is 0.0512. The van der Waals surface area contributed by atoms with Crippen molar-refractivity contribution in [1.82, 2.24) is 9.78 Å². The fraction of sp³-hybridized carbons (Fsp3) is 0.167. The molecule has 29 heavy (non-hydrogen) atoms. The molecule has 2 aromatic carbocycles. The van der Waals surface area contributed by atoms with Gasteiger partial charge < -0.3 is 5.32 Å². The van der Waals surface area contributed by atoms with Crippen LogP contribution in [-0.2, 0) is 12.8 Å². The molecular weight excluding hydrogens is 378 g/mol. The molecule has 1 aliphatic carbocycles. The topological polar surface area (TPSA) is 46.9 Å². The third kappa shape index (κ3) is 3.17. The van der Waals surface area contributed by atoms with E-state index in [1.165, 1.54) is 21.7 Å². The average molecular weight is 400 g/mol. The Bertz CT molecular complexity index is 1220. The summed E-state index contributed by atoms with van der Waals surface area (Å²) in [5.74, 6) is -0.0512. The molecule has 4 aromatic rings. The lowest BCUT2D eigenvalue weighted by molar-refractivity contribution is 0.103. The fourth-order valence-corrected chi connectivity index (χ4v) is 5.22. The molecule has 0 saturated carbocycles. The van der Waals surface area contributed by atoms with Crippen LogP contribution >= 0.6 is 11.3 Å². The minimum atomic E-state index is -0.0512. The van der Waals surface area contributed by atoms with Crippen molar-refractivity contribution in [2.75, 3.05) is 5.32 Å². The van der Waals surface area contributed by atoms with Crippen LogP contribution in [0.4, 0.5) is 5.69 Å². The number of carbonyl (C=O) groups excluding carboxylic acids is 1. The van der Waals surface area contributed by atoms with Gasteiger partial charge in [-0.2, -0.15) is 5.10 Å². The lowest BCUT2D eigenvalue weighted by atomic mass is 9.95. The highest BCUT2D eigenvalue weighted by atomic mass is 32.1. The molecule has 1 amide bonds. The van der Waals surface area contributed by atoms with Crippen molar-refractivity contribution < 1.29 is 4.79 Å². The number of nitrogens with one attached hydrogen (secondary N) is 1. The maximum Gasteiger partial charge on any atom is 0.265 e. The zero-order valence-electron chi connectivity index (χ0n) is 16.4. The van der Waals surface area contributed by atoms with Gasteiger partial charge in [-0.05, 0) is 68.1 Å². The van der Waals surface area contributed by atoms with E-state index < -0.39 is 0 Å². The Balaban J connectivity index is 1.51. The number of hydrogen-bond donors (Lipinski definition) is 1. The van der Waals surface area contributed by atoms with Gasteiger partial charge in [-0.25, -0.2) is 4.68 Å². The highest BCUT2D eigenvalue weighted by Gasteiger charge is 2.27. The third-order valence-electron chi connectivity index (χ3n) is 5.32. The molecular formula is C24H21N3OS. The Kier molecular flexibility index (Phi) is 4.32. The summed E-state index contributed by atoms with van der Waals surface area (Å²) >= 11 is 1.57. The average Bonchev–Trinajstić information content (AvgIpc) is 3.30. The van der Waals surface area contributed by atoms with Crippen LogP contribution in [0, 0.1) is 13.8 Å². The molecule has 0 aliphatic heterocycles. The Morgan fingerprint density at radius 3 is 2.66 bits per heavy atom. The molecule has 5 heteroatoms. The van der Waals surface area contributed by atoms with Crippen molar-refractivity contribution in [2.24, 2.45) is 0 Å². The van der Waals surface area contributed by atoms with Crippen molar-refractivity contribution in [3.63, 3.8) is 0 Å². The van der Waals surface area contributed by atoms with Gasteiger partial charge in [-0.3, -0.25) is 4.79 Å². The lowest BCUT2D eigenvalue weighted by Crippen LogP contribution is -2.10. The van der Waals surface area contributed by atoms with Gasteiger partial charge >= 0.3 is 0 Å². The zero-order chi connectivity index (χ0) is 20.0. The summed E-state index contributed by atoms with van der Waals surface area (Å²) in [5.41, 5.74) is 7.71. The minimum Gasteiger partial charge on any atom is -0.321 e. The van der Waals surface area contributed by atoms with Crippen molar-refractivity contribution >= 4 is 22.9 Å². The predicted molar refractivity (Wildman–Crippen MR) is 118 cm³/mol. The second-order valence-electron chi connectivity index (χ2n) is 7.44. The first kappa shape index (κ1) is 17.9. The molecule has 5 rings (SSSR count). The SMILES string of the molecule is Cc1cccc(NC(=O)c2cc3c(s2)-c2c(C)nn(-c4ccccc4)c2CC3)c1. The Morgan fingerprint density at radius 1 is 1.03 bits per heavy atom. The molecule has 1 aliphatic rings. The van der Waals surface area contributed by atoms with Crippen molar-refractivity contribution in [2.45, 2.75) is 26.7 Å². The molecule has 144 valence electrons. The number of para-hydroxylation sites is 1. The number of hydrogen-bond acceptors (Lipinski definition) is 3. The number of nitrogens with zero attached hydrogens (tertiary/aromatic N) is 2. The number of anilines is 1. The normalized spacial score (nSPS) is 12.3. The summed E-state index contributed by atoms with van der Waals surface area (Å²) in [6.45, 7) is 4.08. The number of rotatable bonds is 3. The molecule has 0 atom stereocenters. The molecule has 0 fully saturated rings. The van der Waals surface area contributed by atoms with Crippen LogP contribution in [-0.4, -0.2) is 15.7 Å². The third-order valence-corrected chi connectivity index (χ3v) is 6.52. The first-order valence-corrected chi connectivity index (χ1v) is 10.6. The summed E-state index contributed by atoms with van der Waals surface area (Å²) in [7, 11) is 0. The maximum absolute atomic E-state index is 12.8.